The van der Waals surface area contributed by atoms with E-state index in [2.05, 4.69) is 162 Å². The molecule has 9 aromatic carbocycles. The van der Waals surface area contributed by atoms with Crippen LogP contribution in [-0.2, 0) is 0 Å². The fourth-order valence-corrected chi connectivity index (χ4v) is 8.93. The molecule has 0 unspecified atom stereocenters. The zero-order valence-electron chi connectivity index (χ0n) is 33.5. The van der Waals surface area contributed by atoms with Gasteiger partial charge in [0, 0.05) is 43.8 Å². The number of aromatic nitrogens is 4. The molecule has 0 saturated heterocycles. The van der Waals surface area contributed by atoms with Crippen molar-refractivity contribution in [3.63, 3.8) is 0 Å². The number of fused-ring (bicyclic) bond motifs is 6. The minimum Gasteiger partial charge on any atom is -0.455 e. The fraction of sp³-hybridized carbons (Fsp3) is 0. The number of furan rings is 1. The van der Waals surface area contributed by atoms with Crippen LogP contribution in [0.15, 0.2) is 223 Å². The molecule has 5 nitrogen and oxygen atoms in total. The third-order valence-electron chi connectivity index (χ3n) is 11.9. The summed E-state index contributed by atoms with van der Waals surface area (Å²) in [6.45, 7) is 0. The molecule has 0 N–H and O–H groups in total. The Hall–Kier alpha value is -8.41. The van der Waals surface area contributed by atoms with Gasteiger partial charge in [-0.3, -0.25) is 4.57 Å². The summed E-state index contributed by atoms with van der Waals surface area (Å²) in [6, 6.07) is 76.3. The van der Waals surface area contributed by atoms with Crippen LogP contribution < -0.4 is 0 Å². The summed E-state index contributed by atoms with van der Waals surface area (Å²) in [6.07, 6.45) is 0. The Labute approximate surface area is 357 Å². The van der Waals surface area contributed by atoms with Crippen LogP contribution >= 0.6 is 0 Å². The lowest BCUT2D eigenvalue weighted by atomic mass is 9.95. The summed E-state index contributed by atoms with van der Waals surface area (Å²) in [7, 11) is 0. The molecule has 0 radical (unpaired) electrons. The molecule has 0 atom stereocenters. The van der Waals surface area contributed by atoms with Crippen molar-refractivity contribution < 1.29 is 4.42 Å². The number of para-hydroxylation sites is 3. The molecule has 0 aliphatic rings. The third-order valence-corrected chi connectivity index (χ3v) is 11.9. The second-order valence-electron chi connectivity index (χ2n) is 15.6. The molecule has 0 fully saturated rings. The SMILES string of the molecule is c1ccc(-c2cccc(-c3cccc(-c4cccc5c4oc4ccc(-c6cccc7c8ccccc8n(-c8nc(-c9ccccc9)nc(-c9ccccc9)n8)c67)cc45)c3)c2)cc1. The Morgan fingerprint density at radius 1 is 0.323 bits per heavy atom. The molecule has 62 heavy (non-hydrogen) atoms. The molecular weight excluding hydrogens is 757 g/mol. The second-order valence-corrected chi connectivity index (χ2v) is 15.6. The maximum atomic E-state index is 6.76. The summed E-state index contributed by atoms with van der Waals surface area (Å²) in [5, 5.41) is 4.38. The standard InChI is InChI=1S/C57H36N4O/c1-4-16-37(17-5-1)40-22-12-23-41(34-40)42-24-13-25-43(35-42)46-28-15-30-49-50-36-44(32-33-52(50)62-54(46)49)45-27-14-29-48-47-26-10-11-31-51(47)61(53(45)48)57-59-55(38-18-6-2-7-19-38)58-56(60-57)39-20-8-3-9-21-39/h1-36H. The van der Waals surface area contributed by atoms with Crippen LogP contribution in [0.2, 0.25) is 0 Å². The molecule has 0 saturated carbocycles. The highest BCUT2D eigenvalue weighted by atomic mass is 16.3. The Bertz CT molecular complexity index is 3570. The maximum Gasteiger partial charge on any atom is 0.238 e. The minimum absolute atomic E-state index is 0.560. The monoisotopic (exact) mass is 792 g/mol. The van der Waals surface area contributed by atoms with E-state index in [0.717, 1.165) is 82.7 Å². The Balaban J connectivity index is 1.01. The van der Waals surface area contributed by atoms with Gasteiger partial charge in [0.25, 0.3) is 0 Å². The van der Waals surface area contributed by atoms with Crippen LogP contribution in [0.1, 0.15) is 0 Å². The van der Waals surface area contributed by atoms with Crippen LogP contribution in [0.4, 0.5) is 0 Å². The first-order valence-electron chi connectivity index (χ1n) is 20.8. The first-order chi connectivity index (χ1) is 30.7. The van der Waals surface area contributed by atoms with Gasteiger partial charge in [0.15, 0.2) is 11.6 Å². The predicted molar refractivity (Wildman–Crippen MR) is 254 cm³/mol. The highest BCUT2D eigenvalue weighted by Gasteiger charge is 2.21. The van der Waals surface area contributed by atoms with Crippen LogP contribution in [0.3, 0.4) is 0 Å². The van der Waals surface area contributed by atoms with Gasteiger partial charge in [0.1, 0.15) is 11.2 Å². The number of nitrogens with zero attached hydrogens (tertiary/aromatic N) is 4. The first-order valence-corrected chi connectivity index (χ1v) is 20.8. The Morgan fingerprint density at radius 3 is 1.52 bits per heavy atom. The highest BCUT2D eigenvalue weighted by Crippen LogP contribution is 2.42. The predicted octanol–water partition coefficient (Wildman–Crippen LogP) is 14.9. The highest BCUT2D eigenvalue weighted by molar-refractivity contribution is 6.15. The number of rotatable bonds is 7. The van der Waals surface area contributed by atoms with Crippen molar-refractivity contribution >= 4 is 43.7 Å². The second kappa shape index (κ2) is 14.7. The summed E-state index contributed by atoms with van der Waals surface area (Å²) in [4.78, 5) is 15.4. The van der Waals surface area contributed by atoms with Crippen molar-refractivity contribution in [3.05, 3.63) is 218 Å². The molecule has 12 rings (SSSR count). The van der Waals surface area contributed by atoms with E-state index in [-0.39, 0.29) is 0 Å². The van der Waals surface area contributed by atoms with Gasteiger partial charge < -0.3 is 4.42 Å². The van der Waals surface area contributed by atoms with E-state index >= 15 is 0 Å². The Morgan fingerprint density at radius 2 is 0.823 bits per heavy atom. The van der Waals surface area contributed by atoms with Crippen molar-refractivity contribution in [1.82, 2.24) is 19.5 Å². The molecular formula is C57H36N4O. The minimum atomic E-state index is 0.560. The largest absolute Gasteiger partial charge is 0.455 e. The van der Waals surface area contributed by atoms with Gasteiger partial charge in [-0.15, -0.1) is 0 Å². The van der Waals surface area contributed by atoms with E-state index in [0.29, 0.717) is 17.6 Å². The van der Waals surface area contributed by atoms with E-state index < -0.39 is 0 Å². The van der Waals surface area contributed by atoms with E-state index in [4.69, 9.17) is 19.4 Å². The maximum absolute atomic E-state index is 6.76. The van der Waals surface area contributed by atoms with Crippen molar-refractivity contribution in [2.45, 2.75) is 0 Å². The fourth-order valence-electron chi connectivity index (χ4n) is 8.93. The zero-order chi connectivity index (χ0) is 41.0. The van der Waals surface area contributed by atoms with Crippen LogP contribution in [0.5, 0.6) is 0 Å². The van der Waals surface area contributed by atoms with Crippen LogP contribution in [0, 0.1) is 0 Å². The molecule has 5 heteroatoms. The molecule has 0 aliphatic heterocycles. The molecule has 3 aromatic heterocycles. The molecule has 0 bridgehead atoms. The summed E-state index contributed by atoms with van der Waals surface area (Å²) in [5.41, 5.74) is 14.6. The lowest BCUT2D eigenvalue weighted by molar-refractivity contribution is 0.670. The van der Waals surface area contributed by atoms with Gasteiger partial charge in [-0.05, 0) is 63.7 Å². The normalized spacial score (nSPS) is 11.5. The van der Waals surface area contributed by atoms with Crippen molar-refractivity contribution in [2.75, 3.05) is 0 Å². The van der Waals surface area contributed by atoms with Crippen molar-refractivity contribution in [3.8, 4) is 73.2 Å². The van der Waals surface area contributed by atoms with Gasteiger partial charge in [-0.1, -0.05) is 188 Å². The number of benzene rings is 9. The Kier molecular flexibility index (Phi) is 8.42. The summed E-state index contributed by atoms with van der Waals surface area (Å²) in [5.74, 6) is 1.79. The quantitative estimate of drug-likeness (QED) is 0.161. The van der Waals surface area contributed by atoms with Crippen molar-refractivity contribution in [2.24, 2.45) is 0 Å². The van der Waals surface area contributed by atoms with Gasteiger partial charge in [-0.2, -0.15) is 9.97 Å². The molecule has 290 valence electrons. The average Bonchev–Trinajstić information content (AvgIpc) is 3.90. The first kappa shape index (κ1) is 35.5. The third kappa shape index (κ3) is 6.06. The summed E-state index contributed by atoms with van der Waals surface area (Å²) >= 11 is 0. The van der Waals surface area contributed by atoms with E-state index in [1.54, 1.807) is 0 Å². The average molecular weight is 793 g/mol. The summed E-state index contributed by atoms with van der Waals surface area (Å²) < 4.78 is 8.97. The van der Waals surface area contributed by atoms with Crippen LogP contribution in [-0.4, -0.2) is 19.5 Å². The number of hydrogen-bond acceptors (Lipinski definition) is 4. The van der Waals surface area contributed by atoms with E-state index in [9.17, 15) is 0 Å². The van der Waals surface area contributed by atoms with E-state index in [1.807, 2.05) is 60.7 Å². The molecule has 0 amide bonds. The molecule has 0 spiro atoms. The van der Waals surface area contributed by atoms with Gasteiger partial charge in [0.05, 0.1) is 11.0 Å². The lowest BCUT2D eigenvalue weighted by Gasteiger charge is -2.13. The molecule has 0 aliphatic carbocycles. The van der Waals surface area contributed by atoms with Crippen LogP contribution in [0.25, 0.3) is 117 Å². The topological polar surface area (TPSA) is 56.7 Å². The molecule has 3 heterocycles. The number of hydrogen-bond donors (Lipinski definition) is 0. The molecule has 12 aromatic rings. The van der Waals surface area contributed by atoms with Gasteiger partial charge in [-0.25, -0.2) is 4.98 Å². The lowest BCUT2D eigenvalue weighted by Crippen LogP contribution is -2.06. The van der Waals surface area contributed by atoms with Crippen molar-refractivity contribution in [1.29, 1.82) is 0 Å². The van der Waals surface area contributed by atoms with Gasteiger partial charge in [0.2, 0.25) is 5.95 Å². The zero-order valence-corrected chi connectivity index (χ0v) is 33.5. The van der Waals surface area contributed by atoms with Gasteiger partial charge >= 0.3 is 0 Å². The van der Waals surface area contributed by atoms with E-state index in [1.165, 1.54) is 16.7 Å². The smallest absolute Gasteiger partial charge is 0.238 e.